The molecule has 1 aromatic rings. The fourth-order valence-electron chi connectivity index (χ4n) is 1.31. The molecule has 0 unspecified atom stereocenters. The molecule has 1 heterocycles. The SMILES string of the molecule is Cc1cc(C)c(C(=O)O)c(SCCO)n1. The van der Waals surface area contributed by atoms with Crippen molar-refractivity contribution in [2.24, 2.45) is 0 Å². The van der Waals surface area contributed by atoms with E-state index in [9.17, 15) is 4.79 Å². The number of aliphatic hydroxyl groups excluding tert-OH is 1. The van der Waals surface area contributed by atoms with Gasteiger partial charge < -0.3 is 10.2 Å². The molecule has 2 N–H and O–H groups in total. The minimum Gasteiger partial charge on any atom is -0.478 e. The summed E-state index contributed by atoms with van der Waals surface area (Å²) in [5.41, 5.74) is 1.73. The second-order valence-electron chi connectivity index (χ2n) is 3.14. The molecule has 0 spiro atoms. The molecule has 15 heavy (non-hydrogen) atoms. The quantitative estimate of drug-likeness (QED) is 0.762. The third-order valence-corrected chi connectivity index (χ3v) is 2.81. The van der Waals surface area contributed by atoms with Gasteiger partial charge >= 0.3 is 5.97 Å². The number of rotatable bonds is 4. The van der Waals surface area contributed by atoms with Crippen LogP contribution in [0.3, 0.4) is 0 Å². The predicted molar refractivity (Wildman–Crippen MR) is 58.5 cm³/mol. The highest BCUT2D eigenvalue weighted by Gasteiger charge is 2.15. The highest BCUT2D eigenvalue weighted by Crippen LogP contribution is 2.23. The molecule has 1 aromatic heterocycles. The lowest BCUT2D eigenvalue weighted by Crippen LogP contribution is -2.06. The first-order valence-corrected chi connectivity index (χ1v) is 5.50. The van der Waals surface area contributed by atoms with Crippen molar-refractivity contribution in [2.45, 2.75) is 18.9 Å². The minimum absolute atomic E-state index is 0.0123. The van der Waals surface area contributed by atoms with Crippen LogP contribution < -0.4 is 0 Å². The normalized spacial score (nSPS) is 10.3. The van der Waals surface area contributed by atoms with Crippen molar-refractivity contribution in [1.29, 1.82) is 0 Å². The lowest BCUT2D eigenvalue weighted by atomic mass is 10.1. The number of hydrogen-bond acceptors (Lipinski definition) is 4. The van der Waals surface area contributed by atoms with Crippen molar-refractivity contribution in [1.82, 2.24) is 4.98 Å². The van der Waals surface area contributed by atoms with Crippen LogP contribution in [-0.2, 0) is 0 Å². The summed E-state index contributed by atoms with van der Waals surface area (Å²) in [6.07, 6.45) is 0. The summed E-state index contributed by atoms with van der Waals surface area (Å²) >= 11 is 1.26. The van der Waals surface area contributed by atoms with Crippen molar-refractivity contribution in [3.05, 3.63) is 22.9 Å². The number of pyridine rings is 1. The molecule has 0 aliphatic heterocycles. The molecule has 0 fully saturated rings. The van der Waals surface area contributed by atoms with Crippen LogP contribution in [0.1, 0.15) is 21.6 Å². The Hall–Kier alpha value is -1.07. The van der Waals surface area contributed by atoms with Gasteiger partial charge in [0.15, 0.2) is 0 Å². The van der Waals surface area contributed by atoms with Gasteiger partial charge in [0.2, 0.25) is 0 Å². The Kier molecular flexibility index (Phi) is 4.11. The number of aliphatic hydroxyl groups is 1. The Morgan fingerprint density at radius 3 is 2.73 bits per heavy atom. The lowest BCUT2D eigenvalue weighted by molar-refractivity contribution is 0.0691. The molecular weight excluding hydrogens is 214 g/mol. The van der Waals surface area contributed by atoms with Gasteiger partial charge in [-0.25, -0.2) is 9.78 Å². The maximum atomic E-state index is 11.0. The van der Waals surface area contributed by atoms with Crippen molar-refractivity contribution >= 4 is 17.7 Å². The summed E-state index contributed by atoms with van der Waals surface area (Å²) in [5, 5.41) is 18.2. The molecular formula is C10H13NO3S. The molecule has 0 atom stereocenters. The maximum Gasteiger partial charge on any atom is 0.338 e. The summed E-state index contributed by atoms with van der Waals surface area (Å²) in [4.78, 5) is 15.2. The Morgan fingerprint density at radius 1 is 1.53 bits per heavy atom. The van der Waals surface area contributed by atoms with Crippen LogP contribution in [0.5, 0.6) is 0 Å². The van der Waals surface area contributed by atoms with E-state index in [1.807, 2.05) is 6.92 Å². The number of hydrogen-bond donors (Lipinski definition) is 2. The Bertz CT molecular complexity index is 379. The molecule has 0 saturated heterocycles. The van der Waals surface area contributed by atoms with E-state index in [-0.39, 0.29) is 12.2 Å². The zero-order valence-electron chi connectivity index (χ0n) is 8.65. The van der Waals surface area contributed by atoms with Gasteiger partial charge in [0, 0.05) is 11.4 Å². The molecule has 0 aliphatic carbocycles. The Morgan fingerprint density at radius 2 is 2.20 bits per heavy atom. The first kappa shape index (κ1) is 12.0. The largest absolute Gasteiger partial charge is 0.478 e. The van der Waals surface area contributed by atoms with E-state index in [4.69, 9.17) is 10.2 Å². The number of aromatic nitrogens is 1. The second-order valence-corrected chi connectivity index (χ2v) is 4.22. The highest BCUT2D eigenvalue weighted by molar-refractivity contribution is 7.99. The third kappa shape index (κ3) is 2.94. The van der Waals surface area contributed by atoms with Gasteiger partial charge in [-0.1, -0.05) is 0 Å². The standard InChI is InChI=1S/C10H13NO3S/c1-6-5-7(2)11-9(15-4-3-12)8(6)10(13)14/h5,12H,3-4H2,1-2H3,(H,13,14). The van der Waals surface area contributed by atoms with E-state index in [2.05, 4.69) is 4.98 Å². The summed E-state index contributed by atoms with van der Waals surface area (Å²) < 4.78 is 0. The van der Waals surface area contributed by atoms with Crippen LogP contribution in [-0.4, -0.2) is 33.5 Å². The lowest BCUT2D eigenvalue weighted by Gasteiger charge is -2.08. The van der Waals surface area contributed by atoms with Crippen molar-refractivity contribution in [2.75, 3.05) is 12.4 Å². The first-order valence-electron chi connectivity index (χ1n) is 4.51. The highest BCUT2D eigenvalue weighted by atomic mass is 32.2. The zero-order valence-corrected chi connectivity index (χ0v) is 9.47. The molecule has 82 valence electrons. The summed E-state index contributed by atoms with van der Waals surface area (Å²) in [5.74, 6) is -0.517. The van der Waals surface area contributed by atoms with E-state index < -0.39 is 5.97 Å². The van der Waals surface area contributed by atoms with Gasteiger partial charge in [-0.3, -0.25) is 0 Å². The van der Waals surface area contributed by atoms with Crippen molar-refractivity contribution in [3.63, 3.8) is 0 Å². The van der Waals surface area contributed by atoms with Gasteiger partial charge in [0.05, 0.1) is 12.2 Å². The molecule has 0 radical (unpaired) electrons. The molecule has 0 bridgehead atoms. The fourth-order valence-corrected chi connectivity index (χ4v) is 2.20. The first-order chi connectivity index (χ1) is 7.06. The van der Waals surface area contributed by atoms with Crippen LogP contribution in [0.4, 0.5) is 0 Å². The smallest absolute Gasteiger partial charge is 0.338 e. The van der Waals surface area contributed by atoms with E-state index in [1.54, 1.807) is 13.0 Å². The van der Waals surface area contributed by atoms with Gasteiger partial charge in [0.25, 0.3) is 0 Å². The van der Waals surface area contributed by atoms with Crippen molar-refractivity contribution < 1.29 is 15.0 Å². The van der Waals surface area contributed by atoms with Gasteiger partial charge in [-0.05, 0) is 25.5 Å². The van der Waals surface area contributed by atoms with E-state index in [0.717, 1.165) is 5.69 Å². The molecule has 0 amide bonds. The Balaban J connectivity index is 3.14. The van der Waals surface area contributed by atoms with E-state index in [1.165, 1.54) is 11.8 Å². The number of carboxylic acids is 1. The molecule has 0 aromatic carbocycles. The Labute approximate surface area is 92.3 Å². The van der Waals surface area contributed by atoms with Crippen LogP contribution in [0.15, 0.2) is 11.1 Å². The van der Waals surface area contributed by atoms with Crippen LogP contribution in [0, 0.1) is 13.8 Å². The number of carbonyl (C=O) groups is 1. The van der Waals surface area contributed by atoms with Gasteiger partial charge in [-0.15, -0.1) is 11.8 Å². The predicted octanol–water partition coefficient (Wildman–Crippen LogP) is 1.48. The summed E-state index contributed by atoms with van der Waals surface area (Å²) in [6, 6.07) is 1.74. The van der Waals surface area contributed by atoms with Crippen LogP contribution in [0.25, 0.3) is 0 Å². The maximum absolute atomic E-state index is 11.0. The minimum atomic E-state index is -0.972. The number of aryl methyl sites for hydroxylation is 2. The number of thioether (sulfide) groups is 1. The molecule has 0 saturated carbocycles. The van der Waals surface area contributed by atoms with Crippen LogP contribution >= 0.6 is 11.8 Å². The number of aromatic carboxylic acids is 1. The zero-order chi connectivity index (χ0) is 11.4. The van der Waals surface area contributed by atoms with E-state index >= 15 is 0 Å². The third-order valence-electron chi connectivity index (χ3n) is 1.86. The summed E-state index contributed by atoms with van der Waals surface area (Å²) in [6.45, 7) is 3.58. The van der Waals surface area contributed by atoms with E-state index in [0.29, 0.717) is 16.3 Å². The molecule has 5 heteroatoms. The number of carboxylic acid groups (broad SMARTS) is 1. The average Bonchev–Trinajstić information content (AvgIpc) is 2.12. The monoisotopic (exact) mass is 227 g/mol. The number of nitrogens with zero attached hydrogens (tertiary/aromatic N) is 1. The van der Waals surface area contributed by atoms with Crippen LogP contribution in [0.2, 0.25) is 0 Å². The topological polar surface area (TPSA) is 70.4 Å². The molecule has 4 nitrogen and oxygen atoms in total. The van der Waals surface area contributed by atoms with Gasteiger partial charge in [0.1, 0.15) is 5.03 Å². The van der Waals surface area contributed by atoms with Crippen molar-refractivity contribution in [3.8, 4) is 0 Å². The fraction of sp³-hybridized carbons (Fsp3) is 0.400. The summed E-state index contributed by atoms with van der Waals surface area (Å²) in [7, 11) is 0. The molecule has 1 rings (SSSR count). The molecule has 0 aliphatic rings. The van der Waals surface area contributed by atoms with Gasteiger partial charge in [-0.2, -0.15) is 0 Å². The average molecular weight is 227 g/mol. The second kappa shape index (κ2) is 5.14.